The molecule has 0 fully saturated rings. The molecule has 4 heteroatoms. The number of nitrogens with zero attached hydrogens (tertiary/aromatic N) is 2. The number of rotatable bonds is 5. The lowest BCUT2D eigenvalue weighted by Crippen LogP contribution is -2.08. The zero-order chi connectivity index (χ0) is 15.4. The van der Waals surface area contributed by atoms with Crippen LogP contribution in [-0.4, -0.2) is 9.97 Å². The maximum Gasteiger partial charge on any atom is 0.137 e. The van der Waals surface area contributed by atoms with E-state index in [1.165, 1.54) is 11.1 Å². The van der Waals surface area contributed by atoms with Gasteiger partial charge < -0.3 is 5.32 Å². The van der Waals surface area contributed by atoms with Crippen LogP contribution in [0.5, 0.6) is 0 Å². The molecule has 0 bridgehead atoms. The van der Waals surface area contributed by atoms with Gasteiger partial charge in [-0.15, -0.1) is 0 Å². The molecular weight excluding hydrogens is 282 g/mol. The Kier molecular flexibility index (Phi) is 5.18. The van der Waals surface area contributed by atoms with Gasteiger partial charge in [0.25, 0.3) is 0 Å². The quantitative estimate of drug-likeness (QED) is 0.811. The van der Waals surface area contributed by atoms with Gasteiger partial charge in [0.1, 0.15) is 16.8 Å². The molecule has 0 atom stereocenters. The Morgan fingerprint density at radius 1 is 1.10 bits per heavy atom. The molecular formula is C17H22ClN3. The summed E-state index contributed by atoms with van der Waals surface area (Å²) in [5.41, 5.74) is 3.47. The Labute approximate surface area is 131 Å². The Balaban J connectivity index is 2.15. The Hall–Kier alpha value is -1.61. The molecule has 1 aromatic carbocycles. The van der Waals surface area contributed by atoms with Gasteiger partial charge in [-0.05, 0) is 24.5 Å². The topological polar surface area (TPSA) is 37.8 Å². The average molecular weight is 304 g/mol. The molecule has 0 spiro atoms. The van der Waals surface area contributed by atoms with Crippen LogP contribution >= 0.6 is 11.6 Å². The highest BCUT2D eigenvalue weighted by atomic mass is 35.5. The van der Waals surface area contributed by atoms with E-state index in [0.717, 1.165) is 30.2 Å². The number of hydrogen-bond donors (Lipinski definition) is 1. The van der Waals surface area contributed by atoms with Crippen molar-refractivity contribution in [2.45, 2.75) is 46.6 Å². The second kappa shape index (κ2) is 6.90. The summed E-state index contributed by atoms with van der Waals surface area (Å²) in [7, 11) is 0. The van der Waals surface area contributed by atoms with Gasteiger partial charge in [0, 0.05) is 18.0 Å². The van der Waals surface area contributed by atoms with E-state index in [9.17, 15) is 0 Å². The zero-order valence-corrected chi connectivity index (χ0v) is 13.8. The van der Waals surface area contributed by atoms with Crippen LogP contribution in [0.1, 0.15) is 49.2 Å². The monoisotopic (exact) mass is 303 g/mol. The van der Waals surface area contributed by atoms with Crippen molar-refractivity contribution in [3.8, 4) is 0 Å². The molecule has 0 aliphatic rings. The summed E-state index contributed by atoms with van der Waals surface area (Å²) in [5.74, 6) is 1.85. The number of halogens is 1. The molecule has 0 amide bonds. The summed E-state index contributed by atoms with van der Waals surface area (Å²) in [6, 6.07) is 8.62. The number of aryl methyl sites for hydroxylation is 1. The van der Waals surface area contributed by atoms with Crippen molar-refractivity contribution >= 4 is 17.4 Å². The van der Waals surface area contributed by atoms with Crippen molar-refractivity contribution in [3.63, 3.8) is 0 Å². The number of aromatic nitrogens is 2. The minimum atomic E-state index is 0.257. The van der Waals surface area contributed by atoms with Gasteiger partial charge in [-0.3, -0.25) is 0 Å². The van der Waals surface area contributed by atoms with Gasteiger partial charge in [0.2, 0.25) is 0 Å². The van der Waals surface area contributed by atoms with Gasteiger partial charge >= 0.3 is 0 Å². The number of anilines is 1. The lowest BCUT2D eigenvalue weighted by molar-refractivity contribution is 0.771. The number of benzene rings is 1. The first-order chi connectivity index (χ1) is 10.0. The molecule has 0 unspecified atom stereocenters. The molecule has 112 valence electrons. The van der Waals surface area contributed by atoms with Crippen molar-refractivity contribution in [1.29, 1.82) is 0 Å². The van der Waals surface area contributed by atoms with Crippen LogP contribution in [-0.2, 0) is 13.0 Å². The smallest absolute Gasteiger partial charge is 0.137 e. The molecule has 0 aliphatic carbocycles. The number of hydrogen-bond acceptors (Lipinski definition) is 3. The number of nitrogens with one attached hydrogen (secondary N) is 1. The van der Waals surface area contributed by atoms with Crippen molar-refractivity contribution in [3.05, 3.63) is 51.9 Å². The molecule has 2 rings (SSSR count). The zero-order valence-electron chi connectivity index (χ0n) is 13.1. The van der Waals surface area contributed by atoms with Crippen LogP contribution in [0.2, 0.25) is 5.15 Å². The Morgan fingerprint density at radius 2 is 1.71 bits per heavy atom. The first-order valence-corrected chi connectivity index (χ1v) is 7.74. The largest absolute Gasteiger partial charge is 0.366 e. The van der Waals surface area contributed by atoms with Crippen LogP contribution in [0.4, 0.5) is 5.82 Å². The summed E-state index contributed by atoms with van der Waals surface area (Å²) in [5, 5.41) is 3.89. The lowest BCUT2D eigenvalue weighted by atomic mass is 10.1. The highest BCUT2D eigenvalue weighted by molar-refractivity contribution is 6.30. The second-order valence-electron chi connectivity index (χ2n) is 5.52. The van der Waals surface area contributed by atoms with Gasteiger partial charge in [-0.25, -0.2) is 9.97 Å². The summed E-state index contributed by atoms with van der Waals surface area (Å²) in [4.78, 5) is 8.90. The van der Waals surface area contributed by atoms with E-state index in [-0.39, 0.29) is 5.92 Å². The maximum absolute atomic E-state index is 6.19. The fraction of sp³-hybridized carbons (Fsp3) is 0.412. The first kappa shape index (κ1) is 15.8. The third kappa shape index (κ3) is 3.94. The van der Waals surface area contributed by atoms with Crippen molar-refractivity contribution < 1.29 is 0 Å². The Morgan fingerprint density at radius 3 is 2.29 bits per heavy atom. The molecule has 0 aliphatic heterocycles. The van der Waals surface area contributed by atoms with Gasteiger partial charge in [0.15, 0.2) is 0 Å². The predicted octanol–water partition coefficient (Wildman–Crippen LogP) is 4.74. The normalized spacial score (nSPS) is 11.0. The van der Waals surface area contributed by atoms with E-state index in [1.54, 1.807) is 0 Å². The van der Waals surface area contributed by atoms with Crippen LogP contribution in [0, 0.1) is 6.92 Å². The van der Waals surface area contributed by atoms with Gasteiger partial charge in [0.05, 0.1) is 0 Å². The fourth-order valence-electron chi connectivity index (χ4n) is 2.01. The van der Waals surface area contributed by atoms with E-state index in [0.29, 0.717) is 5.15 Å². The maximum atomic E-state index is 6.19. The molecule has 3 nitrogen and oxygen atoms in total. The minimum Gasteiger partial charge on any atom is -0.366 e. The van der Waals surface area contributed by atoms with Gasteiger partial charge in [-0.1, -0.05) is 56.6 Å². The summed E-state index contributed by atoms with van der Waals surface area (Å²) < 4.78 is 0. The standard InChI is InChI=1S/C17H22ClN3/c1-5-13-6-8-14(9-7-13)10-19-17-12(4)15(18)20-16(21-17)11(2)3/h6-9,11H,5,10H2,1-4H3,(H,19,20,21). The van der Waals surface area contributed by atoms with Crippen LogP contribution in [0.3, 0.4) is 0 Å². The summed E-state index contributed by atoms with van der Waals surface area (Å²) in [6.07, 6.45) is 1.06. The highest BCUT2D eigenvalue weighted by Gasteiger charge is 2.11. The lowest BCUT2D eigenvalue weighted by Gasteiger charge is -2.13. The molecule has 2 aromatic rings. The van der Waals surface area contributed by atoms with Crippen LogP contribution in [0.25, 0.3) is 0 Å². The van der Waals surface area contributed by atoms with E-state index >= 15 is 0 Å². The molecule has 1 N–H and O–H groups in total. The Bertz CT molecular complexity index is 606. The second-order valence-corrected chi connectivity index (χ2v) is 5.88. The van der Waals surface area contributed by atoms with E-state index in [1.807, 2.05) is 6.92 Å². The molecule has 21 heavy (non-hydrogen) atoms. The summed E-state index contributed by atoms with van der Waals surface area (Å²) >= 11 is 6.19. The minimum absolute atomic E-state index is 0.257. The van der Waals surface area contributed by atoms with E-state index in [4.69, 9.17) is 11.6 Å². The molecule has 1 aromatic heterocycles. The van der Waals surface area contributed by atoms with E-state index < -0.39 is 0 Å². The van der Waals surface area contributed by atoms with Crippen molar-refractivity contribution in [1.82, 2.24) is 9.97 Å². The van der Waals surface area contributed by atoms with Crippen LogP contribution in [0.15, 0.2) is 24.3 Å². The van der Waals surface area contributed by atoms with Gasteiger partial charge in [-0.2, -0.15) is 0 Å². The molecule has 1 heterocycles. The van der Waals surface area contributed by atoms with Crippen molar-refractivity contribution in [2.75, 3.05) is 5.32 Å². The third-order valence-corrected chi connectivity index (χ3v) is 3.88. The first-order valence-electron chi connectivity index (χ1n) is 7.37. The average Bonchev–Trinajstić information content (AvgIpc) is 2.49. The van der Waals surface area contributed by atoms with Crippen molar-refractivity contribution in [2.24, 2.45) is 0 Å². The summed E-state index contributed by atoms with van der Waals surface area (Å²) in [6.45, 7) is 8.96. The third-order valence-electron chi connectivity index (χ3n) is 3.51. The molecule has 0 saturated heterocycles. The molecule has 0 radical (unpaired) electrons. The van der Waals surface area contributed by atoms with E-state index in [2.05, 4.69) is 60.3 Å². The highest BCUT2D eigenvalue weighted by Crippen LogP contribution is 2.23. The SMILES string of the molecule is CCc1ccc(CNc2nc(C(C)C)nc(Cl)c2C)cc1. The fourth-order valence-corrected chi connectivity index (χ4v) is 2.19. The predicted molar refractivity (Wildman–Crippen MR) is 89.0 cm³/mol. The molecule has 0 saturated carbocycles. The van der Waals surface area contributed by atoms with Crippen LogP contribution < -0.4 is 5.32 Å².